The molecule has 0 fully saturated rings. The average Bonchev–Trinajstić information content (AvgIpc) is 2.70. The lowest BCUT2D eigenvalue weighted by molar-refractivity contribution is -0.384. The summed E-state index contributed by atoms with van der Waals surface area (Å²) in [5.41, 5.74) is -0.890. The fraction of sp³-hybridized carbons (Fsp3) is 0.375. The van der Waals surface area contributed by atoms with Crippen LogP contribution in [-0.2, 0) is 23.8 Å². The minimum absolute atomic E-state index is 0.0000283. The van der Waals surface area contributed by atoms with Gasteiger partial charge in [-0.05, 0) is 0 Å². The summed E-state index contributed by atoms with van der Waals surface area (Å²) in [6, 6.07) is 3.23. The van der Waals surface area contributed by atoms with Crippen molar-refractivity contribution in [1.29, 1.82) is 0 Å². The molecule has 1 aromatic rings. The second-order valence-corrected chi connectivity index (χ2v) is 5.36. The number of benzene rings is 1. The van der Waals surface area contributed by atoms with E-state index in [9.17, 15) is 28.5 Å². The molecule has 0 unspecified atom stereocenters. The SMILES string of the molecule is COC(=O)C1=C(C(=O)OC)N(c2cc(OCC(F)F)cc([N+](=O)[O-])c2)COC1. The smallest absolute Gasteiger partial charge is 0.355 e. The number of carbonyl (C=O) groups excluding carboxylic acids is 2. The molecule has 0 spiro atoms. The molecule has 10 nitrogen and oxygen atoms in total. The lowest BCUT2D eigenvalue weighted by Gasteiger charge is -2.31. The molecule has 1 aliphatic rings. The Hall–Kier alpha value is -3.28. The van der Waals surface area contributed by atoms with Crippen LogP contribution in [0.2, 0.25) is 0 Å². The number of alkyl halides is 2. The van der Waals surface area contributed by atoms with E-state index in [0.29, 0.717) is 0 Å². The summed E-state index contributed by atoms with van der Waals surface area (Å²) in [7, 11) is 2.19. The van der Waals surface area contributed by atoms with Gasteiger partial charge in [0.2, 0.25) is 0 Å². The highest BCUT2D eigenvalue weighted by molar-refractivity contribution is 6.03. The topological polar surface area (TPSA) is 117 Å². The van der Waals surface area contributed by atoms with Crippen molar-refractivity contribution in [1.82, 2.24) is 0 Å². The maximum absolute atomic E-state index is 12.4. The average molecular weight is 402 g/mol. The zero-order valence-corrected chi connectivity index (χ0v) is 14.8. The summed E-state index contributed by atoms with van der Waals surface area (Å²) in [4.78, 5) is 35.8. The highest BCUT2D eigenvalue weighted by Gasteiger charge is 2.33. The van der Waals surface area contributed by atoms with Crippen molar-refractivity contribution in [3.05, 3.63) is 39.6 Å². The van der Waals surface area contributed by atoms with Gasteiger partial charge in [-0.15, -0.1) is 0 Å². The van der Waals surface area contributed by atoms with Gasteiger partial charge in [0.1, 0.15) is 24.8 Å². The van der Waals surface area contributed by atoms with E-state index in [1.165, 1.54) is 6.07 Å². The zero-order valence-electron chi connectivity index (χ0n) is 14.8. The minimum atomic E-state index is -2.79. The monoisotopic (exact) mass is 402 g/mol. The molecule has 1 aliphatic heterocycles. The van der Waals surface area contributed by atoms with Crippen molar-refractivity contribution < 1.29 is 42.2 Å². The number of esters is 2. The van der Waals surface area contributed by atoms with Crippen LogP contribution in [0.4, 0.5) is 20.2 Å². The summed E-state index contributed by atoms with van der Waals surface area (Å²) < 4.78 is 44.3. The lowest BCUT2D eigenvalue weighted by atomic mass is 10.1. The maximum atomic E-state index is 12.4. The van der Waals surface area contributed by atoms with E-state index < -0.39 is 35.6 Å². The highest BCUT2D eigenvalue weighted by atomic mass is 19.3. The molecule has 0 saturated heterocycles. The molecule has 28 heavy (non-hydrogen) atoms. The van der Waals surface area contributed by atoms with Crippen LogP contribution in [0, 0.1) is 10.1 Å². The number of methoxy groups -OCH3 is 2. The van der Waals surface area contributed by atoms with Crippen LogP contribution in [0.15, 0.2) is 29.5 Å². The number of hydrogen-bond donors (Lipinski definition) is 0. The second-order valence-electron chi connectivity index (χ2n) is 5.36. The normalized spacial score (nSPS) is 14.1. The number of carbonyl (C=O) groups is 2. The third-order valence-electron chi connectivity index (χ3n) is 3.61. The van der Waals surface area contributed by atoms with Gasteiger partial charge in [0.15, 0.2) is 0 Å². The number of hydrogen-bond acceptors (Lipinski definition) is 9. The number of anilines is 1. The van der Waals surface area contributed by atoms with Crippen LogP contribution < -0.4 is 9.64 Å². The predicted octanol–water partition coefficient (Wildman–Crippen LogP) is 1.63. The molecule has 152 valence electrons. The summed E-state index contributed by atoms with van der Waals surface area (Å²) in [6.45, 7) is -1.50. The van der Waals surface area contributed by atoms with E-state index in [4.69, 9.17) is 9.47 Å². The molecule has 1 aromatic carbocycles. The molecule has 0 radical (unpaired) electrons. The van der Waals surface area contributed by atoms with E-state index in [-0.39, 0.29) is 36.0 Å². The van der Waals surface area contributed by atoms with Crippen molar-refractivity contribution >= 4 is 23.3 Å². The Labute approximate surface area is 157 Å². The lowest BCUT2D eigenvalue weighted by Crippen LogP contribution is -2.38. The number of nitro groups is 1. The summed E-state index contributed by atoms with van der Waals surface area (Å²) in [5.74, 6) is -1.99. The molecule has 0 atom stereocenters. The Kier molecular flexibility index (Phi) is 6.82. The Morgan fingerprint density at radius 1 is 1.25 bits per heavy atom. The molecule has 0 amide bonds. The number of ether oxygens (including phenoxy) is 4. The number of halogens is 2. The van der Waals surface area contributed by atoms with Crippen molar-refractivity contribution in [2.75, 3.05) is 39.1 Å². The zero-order chi connectivity index (χ0) is 20.8. The highest BCUT2D eigenvalue weighted by Crippen LogP contribution is 2.33. The first-order valence-corrected chi connectivity index (χ1v) is 7.74. The van der Waals surface area contributed by atoms with Crippen LogP contribution >= 0.6 is 0 Å². The van der Waals surface area contributed by atoms with Crippen LogP contribution in [0.3, 0.4) is 0 Å². The standard InChI is InChI=1S/C16H16F2N2O8/c1-25-15(21)12-6-27-8-19(14(12)16(22)26-2)9-3-10(20(23)24)5-11(4-9)28-7-13(17)18/h3-5,13H,6-8H2,1-2H3. The summed E-state index contributed by atoms with van der Waals surface area (Å²) in [5, 5.41) is 11.2. The fourth-order valence-corrected chi connectivity index (χ4v) is 2.42. The molecular weight excluding hydrogens is 386 g/mol. The molecule has 0 saturated carbocycles. The van der Waals surface area contributed by atoms with Crippen molar-refractivity contribution in [3.63, 3.8) is 0 Å². The van der Waals surface area contributed by atoms with Gasteiger partial charge in [0.05, 0.1) is 43.1 Å². The first-order chi connectivity index (χ1) is 13.3. The predicted molar refractivity (Wildman–Crippen MR) is 89.0 cm³/mol. The quantitative estimate of drug-likeness (QED) is 0.381. The number of nitro benzene ring substituents is 1. The number of rotatable bonds is 7. The molecular formula is C16H16F2N2O8. The van der Waals surface area contributed by atoms with Gasteiger partial charge in [0, 0.05) is 12.1 Å². The molecule has 0 aromatic heterocycles. The minimum Gasteiger partial charge on any atom is -0.487 e. The van der Waals surface area contributed by atoms with Gasteiger partial charge in [-0.2, -0.15) is 0 Å². The Morgan fingerprint density at radius 3 is 2.50 bits per heavy atom. The van der Waals surface area contributed by atoms with Gasteiger partial charge >= 0.3 is 11.9 Å². The number of nitrogens with zero attached hydrogens (tertiary/aromatic N) is 2. The van der Waals surface area contributed by atoms with Crippen LogP contribution in [-0.4, -0.2) is 57.5 Å². The number of non-ortho nitro benzene ring substituents is 1. The molecule has 0 aliphatic carbocycles. The van der Waals surface area contributed by atoms with E-state index in [1.807, 2.05) is 0 Å². The van der Waals surface area contributed by atoms with Crippen LogP contribution in [0.25, 0.3) is 0 Å². The molecule has 0 bridgehead atoms. The Balaban J connectivity index is 2.57. The van der Waals surface area contributed by atoms with Crippen LogP contribution in [0.5, 0.6) is 5.75 Å². The first-order valence-electron chi connectivity index (χ1n) is 7.74. The third kappa shape index (κ3) is 4.71. The second kappa shape index (κ2) is 9.08. The Bertz CT molecular complexity index is 812. The van der Waals surface area contributed by atoms with Gasteiger partial charge < -0.3 is 23.8 Å². The van der Waals surface area contributed by atoms with Gasteiger partial charge in [-0.1, -0.05) is 0 Å². The van der Waals surface area contributed by atoms with E-state index in [0.717, 1.165) is 31.3 Å². The molecule has 1 heterocycles. The third-order valence-corrected chi connectivity index (χ3v) is 3.61. The van der Waals surface area contributed by atoms with Crippen molar-refractivity contribution in [2.24, 2.45) is 0 Å². The van der Waals surface area contributed by atoms with Gasteiger partial charge in [-0.3, -0.25) is 10.1 Å². The summed E-state index contributed by atoms with van der Waals surface area (Å²) >= 11 is 0. The van der Waals surface area contributed by atoms with Crippen molar-refractivity contribution in [2.45, 2.75) is 6.43 Å². The van der Waals surface area contributed by atoms with E-state index in [2.05, 4.69) is 9.47 Å². The van der Waals surface area contributed by atoms with E-state index >= 15 is 0 Å². The molecule has 2 rings (SSSR count). The van der Waals surface area contributed by atoms with Crippen LogP contribution in [0.1, 0.15) is 0 Å². The fourth-order valence-electron chi connectivity index (χ4n) is 2.42. The largest absolute Gasteiger partial charge is 0.487 e. The maximum Gasteiger partial charge on any atom is 0.355 e. The van der Waals surface area contributed by atoms with Gasteiger partial charge in [-0.25, -0.2) is 18.4 Å². The van der Waals surface area contributed by atoms with Crippen molar-refractivity contribution in [3.8, 4) is 5.75 Å². The van der Waals surface area contributed by atoms with E-state index in [1.54, 1.807) is 0 Å². The first kappa shape index (κ1) is 21.0. The molecule has 12 heteroatoms. The van der Waals surface area contributed by atoms with Gasteiger partial charge in [0.25, 0.3) is 12.1 Å². The summed E-state index contributed by atoms with van der Waals surface area (Å²) in [6.07, 6.45) is -2.79. The Morgan fingerprint density at radius 2 is 1.93 bits per heavy atom. The molecule has 0 N–H and O–H groups in total.